The summed E-state index contributed by atoms with van der Waals surface area (Å²) in [5.41, 5.74) is -0.345. The average Bonchev–Trinajstić information content (AvgIpc) is 2.86. The number of rotatable bonds is 2. The minimum atomic E-state index is -0.726. The second-order valence-corrected chi connectivity index (χ2v) is 6.40. The van der Waals surface area contributed by atoms with E-state index < -0.39 is 11.8 Å². The summed E-state index contributed by atoms with van der Waals surface area (Å²) in [6.45, 7) is 4.70. The van der Waals surface area contributed by atoms with Crippen molar-refractivity contribution < 1.29 is 18.7 Å². The maximum absolute atomic E-state index is 13.8. The van der Waals surface area contributed by atoms with E-state index in [0.29, 0.717) is 6.61 Å². The second kappa shape index (κ2) is 4.71. The first-order valence-electron chi connectivity index (χ1n) is 6.69. The summed E-state index contributed by atoms with van der Waals surface area (Å²) in [5.74, 6) is -1.17. The van der Waals surface area contributed by atoms with Crippen molar-refractivity contribution in [2.75, 3.05) is 6.61 Å². The van der Waals surface area contributed by atoms with Crippen molar-refractivity contribution in [3.05, 3.63) is 34.6 Å². The van der Waals surface area contributed by atoms with E-state index in [2.05, 4.69) is 0 Å². The quantitative estimate of drug-likeness (QED) is 0.785. The molecule has 1 aliphatic heterocycles. The van der Waals surface area contributed by atoms with Gasteiger partial charge in [-0.05, 0) is 18.6 Å². The zero-order chi connectivity index (χ0) is 14.5. The van der Waals surface area contributed by atoms with Crippen LogP contribution < -0.4 is 0 Å². The molecule has 1 saturated carbocycles. The summed E-state index contributed by atoms with van der Waals surface area (Å²) in [4.78, 5) is 12.1. The van der Waals surface area contributed by atoms with Crippen molar-refractivity contribution in [3.63, 3.8) is 0 Å². The van der Waals surface area contributed by atoms with Gasteiger partial charge in [0, 0.05) is 17.9 Å². The van der Waals surface area contributed by atoms with Crippen LogP contribution in [0.1, 0.15) is 30.6 Å². The highest BCUT2D eigenvalue weighted by Gasteiger charge is 2.61. The van der Waals surface area contributed by atoms with Crippen LogP contribution >= 0.6 is 11.6 Å². The zero-order valence-corrected chi connectivity index (χ0v) is 12.1. The van der Waals surface area contributed by atoms with Gasteiger partial charge in [0.15, 0.2) is 5.82 Å². The lowest BCUT2D eigenvalue weighted by Crippen LogP contribution is -2.61. The number of ether oxygens (including phenoxy) is 2. The molecule has 0 amide bonds. The molecule has 0 unspecified atom stereocenters. The number of esters is 1. The van der Waals surface area contributed by atoms with Gasteiger partial charge >= 0.3 is 5.97 Å². The summed E-state index contributed by atoms with van der Waals surface area (Å²) in [6, 6.07) is 4.33. The van der Waals surface area contributed by atoms with Gasteiger partial charge in [-0.25, -0.2) is 9.18 Å². The van der Waals surface area contributed by atoms with Crippen LogP contribution in [0.3, 0.4) is 0 Å². The molecular weight excluding hydrogens is 283 g/mol. The third-order valence-corrected chi connectivity index (χ3v) is 4.69. The fourth-order valence-corrected chi connectivity index (χ4v) is 3.53. The molecule has 0 bridgehead atoms. The van der Waals surface area contributed by atoms with E-state index in [0.717, 1.165) is 6.42 Å². The highest BCUT2D eigenvalue weighted by molar-refractivity contribution is 6.31. The molecule has 20 heavy (non-hydrogen) atoms. The number of hydrogen-bond donors (Lipinski definition) is 0. The number of carbonyl (C=O) groups is 1. The summed E-state index contributed by atoms with van der Waals surface area (Å²) in [5, 5.41) is -0.0746. The SMILES string of the molecule is CC1(C)[C@@H]2OCC[C@@H]2[C@H]1OC(=O)c1cccc(Cl)c1F. The first kappa shape index (κ1) is 13.8. The van der Waals surface area contributed by atoms with Crippen molar-refractivity contribution in [3.8, 4) is 0 Å². The molecule has 0 radical (unpaired) electrons. The Balaban J connectivity index is 1.78. The third kappa shape index (κ3) is 1.93. The lowest BCUT2D eigenvalue weighted by atomic mass is 9.59. The molecule has 1 aromatic rings. The maximum Gasteiger partial charge on any atom is 0.341 e. The molecule has 3 nitrogen and oxygen atoms in total. The van der Waals surface area contributed by atoms with E-state index in [9.17, 15) is 9.18 Å². The Bertz CT molecular complexity index is 558. The van der Waals surface area contributed by atoms with Crippen molar-refractivity contribution in [1.82, 2.24) is 0 Å². The topological polar surface area (TPSA) is 35.5 Å². The van der Waals surface area contributed by atoms with E-state index in [1.54, 1.807) is 0 Å². The Kier molecular flexibility index (Phi) is 3.26. The van der Waals surface area contributed by atoms with Gasteiger partial charge in [0.2, 0.25) is 0 Å². The zero-order valence-electron chi connectivity index (χ0n) is 11.4. The number of fused-ring (bicyclic) bond motifs is 1. The molecule has 1 heterocycles. The third-order valence-electron chi connectivity index (χ3n) is 4.40. The van der Waals surface area contributed by atoms with Crippen molar-refractivity contribution in [2.45, 2.75) is 32.5 Å². The minimum absolute atomic E-state index is 0.0746. The molecule has 5 heteroatoms. The van der Waals surface area contributed by atoms with Gasteiger partial charge in [0.25, 0.3) is 0 Å². The molecule has 1 aliphatic carbocycles. The first-order chi connectivity index (χ1) is 9.43. The first-order valence-corrected chi connectivity index (χ1v) is 7.07. The van der Waals surface area contributed by atoms with E-state index in [-0.39, 0.29) is 34.1 Å². The van der Waals surface area contributed by atoms with Crippen LogP contribution in [-0.4, -0.2) is 24.8 Å². The summed E-state index contributed by atoms with van der Waals surface area (Å²) >= 11 is 5.68. The molecule has 2 aliphatic rings. The fraction of sp³-hybridized carbons (Fsp3) is 0.533. The Morgan fingerprint density at radius 1 is 1.50 bits per heavy atom. The maximum atomic E-state index is 13.8. The van der Waals surface area contributed by atoms with Crippen molar-refractivity contribution in [1.29, 1.82) is 0 Å². The standard InChI is InChI=1S/C15H16ClFO3/c1-15(2)12-9(6-7-19-12)13(15)20-14(18)8-4-3-5-10(16)11(8)17/h3-5,9,12-13H,6-7H2,1-2H3/t9-,12+,13+/m0/s1. The summed E-state index contributed by atoms with van der Waals surface area (Å²) in [7, 11) is 0. The van der Waals surface area contributed by atoms with Crippen molar-refractivity contribution in [2.24, 2.45) is 11.3 Å². The van der Waals surface area contributed by atoms with E-state index >= 15 is 0 Å². The van der Waals surface area contributed by atoms with Gasteiger partial charge < -0.3 is 9.47 Å². The lowest BCUT2D eigenvalue weighted by molar-refractivity contribution is -0.183. The van der Waals surface area contributed by atoms with Crippen LogP contribution in [0.25, 0.3) is 0 Å². The van der Waals surface area contributed by atoms with Crippen LogP contribution in [0.5, 0.6) is 0 Å². The van der Waals surface area contributed by atoms with Crippen LogP contribution in [0.2, 0.25) is 5.02 Å². The van der Waals surface area contributed by atoms with E-state index in [1.165, 1.54) is 18.2 Å². The Hall–Kier alpha value is -1.13. The van der Waals surface area contributed by atoms with Gasteiger partial charge in [-0.2, -0.15) is 0 Å². The Morgan fingerprint density at radius 3 is 3.00 bits per heavy atom. The molecule has 1 aromatic carbocycles. The second-order valence-electron chi connectivity index (χ2n) is 5.99. The van der Waals surface area contributed by atoms with Gasteiger partial charge in [-0.3, -0.25) is 0 Å². The Morgan fingerprint density at radius 2 is 2.25 bits per heavy atom. The normalized spacial score (nSPS) is 30.5. The number of hydrogen-bond acceptors (Lipinski definition) is 3. The monoisotopic (exact) mass is 298 g/mol. The Labute approximate surface area is 122 Å². The number of halogens is 2. The molecule has 108 valence electrons. The van der Waals surface area contributed by atoms with E-state index in [1.807, 2.05) is 13.8 Å². The minimum Gasteiger partial charge on any atom is -0.458 e. The van der Waals surface area contributed by atoms with Crippen LogP contribution in [0.15, 0.2) is 18.2 Å². The molecule has 0 aromatic heterocycles. The smallest absolute Gasteiger partial charge is 0.341 e. The van der Waals surface area contributed by atoms with Crippen LogP contribution in [-0.2, 0) is 9.47 Å². The predicted octanol–water partition coefficient (Wildman–Crippen LogP) is 3.45. The van der Waals surface area contributed by atoms with Crippen molar-refractivity contribution >= 4 is 17.6 Å². The molecule has 0 spiro atoms. The molecule has 3 rings (SSSR count). The van der Waals surface area contributed by atoms with Gasteiger partial charge in [-0.15, -0.1) is 0 Å². The van der Waals surface area contributed by atoms with Gasteiger partial charge in [-0.1, -0.05) is 31.5 Å². The largest absolute Gasteiger partial charge is 0.458 e. The summed E-state index contributed by atoms with van der Waals surface area (Å²) < 4.78 is 25.0. The van der Waals surface area contributed by atoms with Gasteiger partial charge in [0.05, 0.1) is 16.7 Å². The number of carbonyl (C=O) groups excluding carboxylic acids is 1. The number of benzene rings is 1. The lowest BCUT2D eigenvalue weighted by Gasteiger charge is -2.53. The average molecular weight is 299 g/mol. The van der Waals surface area contributed by atoms with Crippen LogP contribution in [0, 0.1) is 17.2 Å². The molecule has 0 N–H and O–H groups in total. The molecular formula is C15H16ClFO3. The molecule has 2 fully saturated rings. The highest BCUT2D eigenvalue weighted by atomic mass is 35.5. The highest BCUT2D eigenvalue weighted by Crippen LogP contribution is 2.53. The van der Waals surface area contributed by atoms with Crippen LogP contribution in [0.4, 0.5) is 4.39 Å². The molecule has 3 atom stereocenters. The van der Waals surface area contributed by atoms with E-state index in [4.69, 9.17) is 21.1 Å². The fourth-order valence-electron chi connectivity index (χ4n) is 3.36. The van der Waals surface area contributed by atoms with Gasteiger partial charge in [0.1, 0.15) is 6.10 Å². The molecule has 1 saturated heterocycles. The predicted molar refractivity (Wildman–Crippen MR) is 72.2 cm³/mol. The summed E-state index contributed by atoms with van der Waals surface area (Å²) in [6.07, 6.45) is 0.773.